The van der Waals surface area contributed by atoms with Crippen LogP contribution in [0, 0.1) is 5.92 Å². The summed E-state index contributed by atoms with van der Waals surface area (Å²) < 4.78 is 5.08. The molecular weight excluding hydrogens is 170 g/mol. The average Bonchev–Trinajstić information content (AvgIpc) is 2.39. The lowest BCUT2D eigenvalue weighted by Crippen LogP contribution is -2.58. The number of rotatable bonds is 0. The van der Waals surface area contributed by atoms with E-state index in [0.29, 0.717) is 6.61 Å². The van der Waals surface area contributed by atoms with Crippen molar-refractivity contribution in [2.45, 2.75) is 32.2 Å². The highest BCUT2D eigenvalue weighted by molar-refractivity contribution is 5.91. The van der Waals surface area contributed by atoms with Gasteiger partial charge >= 0.3 is 0 Å². The molecule has 1 N–H and O–H groups in total. The third-order valence-corrected chi connectivity index (χ3v) is 3.20. The number of fused-ring (bicyclic) bond motifs is 1. The fraction of sp³-hybridized carbons (Fsp3) is 0.889. The van der Waals surface area contributed by atoms with Crippen molar-refractivity contribution in [2.75, 3.05) is 13.2 Å². The molecule has 74 valence electrons. The van der Waals surface area contributed by atoms with Gasteiger partial charge < -0.3 is 9.84 Å². The van der Waals surface area contributed by atoms with Gasteiger partial charge in [0, 0.05) is 12.5 Å². The van der Waals surface area contributed by atoms with Gasteiger partial charge in [0.25, 0.3) is 0 Å². The molecule has 0 aliphatic carbocycles. The van der Waals surface area contributed by atoms with Gasteiger partial charge in [-0.1, -0.05) is 6.92 Å². The number of ketones is 1. The quantitative estimate of drug-likeness (QED) is 0.575. The van der Waals surface area contributed by atoms with E-state index in [0.717, 1.165) is 13.0 Å². The summed E-state index contributed by atoms with van der Waals surface area (Å²) in [6.07, 6.45) is -0.0732. The standard InChI is InChI=1S/C9H15NO3/c1-6-3-4-10-8(12)13-5-9(10,2)7(6)11/h6,8,12H,3-5H2,1-2H3/t6-,8?,9?/m1/s1. The fourth-order valence-electron chi connectivity index (χ4n) is 2.22. The van der Waals surface area contributed by atoms with Crippen LogP contribution in [0.5, 0.6) is 0 Å². The lowest BCUT2D eigenvalue weighted by Gasteiger charge is -2.39. The van der Waals surface area contributed by atoms with Gasteiger partial charge in [-0.3, -0.25) is 4.79 Å². The van der Waals surface area contributed by atoms with Crippen LogP contribution in [0.15, 0.2) is 0 Å². The summed E-state index contributed by atoms with van der Waals surface area (Å²) >= 11 is 0. The Kier molecular flexibility index (Phi) is 1.94. The number of aliphatic hydroxyl groups excluding tert-OH is 1. The molecule has 0 aromatic heterocycles. The van der Waals surface area contributed by atoms with Gasteiger partial charge in [0.15, 0.2) is 5.78 Å². The minimum atomic E-state index is -0.888. The lowest BCUT2D eigenvalue weighted by molar-refractivity contribution is -0.158. The summed E-state index contributed by atoms with van der Waals surface area (Å²) in [5.74, 6) is 0.283. The van der Waals surface area contributed by atoms with Crippen LogP contribution in [0.4, 0.5) is 0 Å². The second-order valence-corrected chi connectivity index (χ2v) is 4.16. The maximum Gasteiger partial charge on any atom is 0.217 e. The van der Waals surface area contributed by atoms with E-state index >= 15 is 0 Å². The van der Waals surface area contributed by atoms with Gasteiger partial charge in [-0.15, -0.1) is 0 Å². The number of carbonyl (C=O) groups excluding carboxylic acids is 1. The molecule has 4 nitrogen and oxygen atoms in total. The maximum atomic E-state index is 11.8. The van der Waals surface area contributed by atoms with Crippen LogP contribution in [-0.4, -0.2) is 40.9 Å². The second kappa shape index (κ2) is 2.77. The Labute approximate surface area is 77.5 Å². The zero-order chi connectivity index (χ0) is 9.64. The Balaban J connectivity index is 2.28. The number of piperidine rings is 1. The molecule has 13 heavy (non-hydrogen) atoms. The topological polar surface area (TPSA) is 49.8 Å². The van der Waals surface area contributed by atoms with E-state index in [1.165, 1.54) is 0 Å². The monoisotopic (exact) mass is 185 g/mol. The van der Waals surface area contributed by atoms with Crippen molar-refractivity contribution in [1.29, 1.82) is 0 Å². The highest BCUT2D eigenvalue weighted by Gasteiger charge is 2.52. The van der Waals surface area contributed by atoms with E-state index in [4.69, 9.17) is 4.74 Å². The molecule has 0 bridgehead atoms. The number of ether oxygens (including phenoxy) is 1. The summed E-state index contributed by atoms with van der Waals surface area (Å²) in [5.41, 5.74) is -0.586. The van der Waals surface area contributed by atoms with Crippen molar-refractivity contribution >= 4 is 5.78 Å². The smallest absolute Gasteiger partial charge is 0.217 e. The first-order valence-electron chi connectivity index (χ1n) is 4.66. The summed E-state index contributed by atoms with van der Waals surface area (Å²) in [5, 5.41) is 9.45. The largest absolute Gasteiger partial charge is 0.356 e. The van der Waals surface area contributed by atoms with Crippen LogP contribution in [0.2, 0.25) is 0 Å². The Hall–Kier alpha value is -0.450. The average molecular weight is 185 g/mol. The van der Waals surface area contributed by atoms with Crippen LogP contribution in [0.3, 0.4) is 0 Å². The summed E-state index contributed by atoms with van der Waals surface area (Å²) in [4.78, 5) is 13.6. The van der Waals surface area contributed by atoms with Crippen LogP contribution in [0.1, 0.15) is 20.3 Å². The molecule has 0 amide bonds. The molecular formula is C9H15NO3. The lowest BCUT2D eigenvalue weighted by atomic mass is 9.82. The molecule has 2 unspecified atom stereocenters. The Morgan fingerprint density at radius 3 is 3.08 bits per heavy atom. The molecule has 2 heterocycles. The SMILES string of the molecule is C[C@@H]1CCN2C(O)OCC2(C)C1=O. The van der Waals surface area contributed by atoms with Crippen molar-refractivity contribution in [3.8, 4) is 0 Å². The van der Waals surface area contributed by atoms with E-state index in [-0.39, 0.29) is 11.7 Å². The molecule has 2 saturated heterocycles. The molecule has 2 fully saturated rings. The van der Waals surface area contributed by atoms with E-state index in [9.17, 15) is 9.90 Å². The van der Waals surface area contributed by atoms with Crippen molar-refractivity contribution in [3.63, 3.8) is 0 Å². The first kappa shape index (κ1) is 9.12. The number of aliphatic hydroxyl groups is 1. The normalized spacial score (nSPS) is 46.5. The third-order valence-electron chi connectivity index (χ3n) is 3.20. The minimum absolute atomic E-state index is 0.0927. The maximum absolute atomic E-state index is 11.8. The molecule has 0 aromatic carbocycles. The van der Waals surface area contributed by atoms with Crippen molar-refractivity contribution in [3.05, 3.63) is 0 Å². The molecule has 0 saturated carbocycles. The molecule has 3 atom stereocenters. The summed E-state index contributed by atoms with van der Waals surface area (Å²) in [7, 11) is 0. The first-order valence-corrected chi connectivity index (χ1v) is 4.66. The van der Waals surface area contributed by atoms with E-state index in [2.05, 4.69) is 0 Å². The van der Waals surface area contributed by atoms with Gasteiger partial charge in [-0.25, -0.2) is 4.90 Å². The Morgan fingerprint density at radius 2 is 2.38 bits per heavy atom. The zero-order valence-electron chi connectivity index (χ0n) is 7.99. The number of Topliss-reactive ketones (excluding diaryl/α,β-unsaturated/α-hetero) is 1. The van der Waals surface area contributed by atoms with E-state index in [1.54, 1.807) is 4.90 Å². The van der Waals surface area contributed by atoms with Gasteiger partial charge in [0.1, 0.15) is 5.54 Å². The van der Waals surface area contributed by atoms with Crippen molar-refractivity contribution in [1.82, 2.24) is 4.90 Å². The number of carbonyl (C=O) groups is 1. The van der Waals surface area contributed by atoms with Crippen LogP contribution in [0.25, 0.3) is 0 Å². The summed E-state index contributed by atoms with van der Waals surface area (Å²) in [6, 6.07) is 0. The summed E-state index contributed by atoms with van der Waals surface area (Å²) in [6.45, 7) is 4.85. The number of hydrogen-bond donors (Lipinski definition) is 1. The molecule has 2 aliphatic rings. The minimum Gasteiger partial charge on any atom is -0.356 e. The molecule has 4 heteroatoms. The first-order chi connectivity index (χ1) is 6.05. The molecule has 2 rings (SSSR count). The Bertz CT molecular complexity index is 243. The molecule has 0 radical (unpaired) electrons. The number of hydrogen-bond acceptors (Lipinski definition) is 4. The van der Waals surface area contributed by atoms with Gasteiger partial charge in [-0.05, 0) is 13.3 Å². The molecule has 0 aromatic rings. The van der Waals surface area contributed by atoms with E-state index < -0.39 is 12.0 Å². The molecule has 2 aliphatic heterocycles. The highest BCUT2D eigenvalue weighted by Crippen LogP contribution is 2.34. The van der Waals surface area contributed by atoms with Crippen molar-refractivity contribution in [2.24, 2.45) is 5.92 Å². The highest BCUT2D eigenvalue weighted by atomic mass is 16.6. The van der Waals surface area contributed by atoms with Crippen LogP contribution >= 0.6 is 0 Å². The van der Waals surface area contributed by atoms with E-state index in [1.807, 2.05) is 13.8 Å². The zero-order valence-corrected chi connectivity index (χ0v) is 7.99. The second-order valence-electron chi connectivity index (χ2n) is 4.16. The van der Waals surface area contributed by atoms with Crippen molar-refractivity contribution < 1.29 is 14.6 Å². The van der Waals surface area contributed by atoms with Gasteiger partial charge in [0.05, 0.1) is 6.61 Å². The van der Waals surface area contributed by atoms with Gasteiger partial charge in [0.2, 0.25) is 6.41 Å². The third kappa shape index (κ3) is 1.13. The van der Waals surface area contributed by atoms with Gasteiger partial charge in [-0.2, -0.15) is 0 Å². The number of nitrogens with zero attached hydrogens (tertiary/aromatic N) is 1. The fourth-order valence-corrected chi connectivity index (χ4v) is 2.22. The predicted molar refractivity (Wildman–Crippen MR) is 45.9 cm³/mol. The predicted octanol–water partition coefficient (Wildman–Crippen LogP) is -0.0379. The Morgan fingerprint density at radius 1 is 1.69 bits per heavy atom. The van der Waals surface area contributed by atoms with Crippen LogP contribution in [-0.2, 0) is 9.53 Å². The van der Waals surface area contributed by atoms with Crippen LogP contribution < -0.4 is 0 Å². The molecule has 0 spiro atoms.